The van der Waals surface area contributed by atoms with Gasteiger partial charge in [-0.05, 0) is 32.5 Å². The molecule has 0 bridgehead atoms. The lowest BCUT2D eigenvalue weighted by Gasteiger charge is -2.28. The molecule has 1 aromatic carbocycles. The third kappa shape index (κ3) is 2.59. The van der Waals surface area contributed by atoms with Gasteiger partial charge in [0, 0.05) is 25.2 Å². The van der Waals surface area contributed by atoms with Gasteiger partial charge in [-0.3, -0.25) is 0 Å². The first-order valence-corrected chi connectivity index (χ1v) is 6.96. The van der Waals surface area contributed by atoms with Crippen molar-refractivity contribution in [1.29, 1.82) is 0 Å². The Morgan fingerprint density at radius 2 is 2.20 bits per heavy atom. The molecule has 1 unspecified atom stereocenters. The van der Waals surface area contributed by atoms with E-state index in [-0.39, 0.29) is 6.04 Å². The van der Waals surface area contributed by atoms with Crippen molar-refractivity contribution in [3.8, 4) is 11.4 Å². The molecule has 1 aliphatic rings. The van der Waals surface area contributed by atoms with Crippen LogP contribution >= 0.6 is 0 Å². The zero-order valence-electron chi connectivity index (χ0n) is 12.2. The third-order valence-corrected chi connectivity index (χ3v) is 3.75. The summed E-state index contributed by atoms with van der Waals surface area (Å²) in [4.78, 5) is 6.84. The van der Waals surface area contributed by atoms with Gasteiger partial charge in [-0.1, -0.05) is 22.9 Å². The van der Waals surface area contributed by atoms with E-state index < -0.39 is 0 Å². The molecule has 1 aliphatic heterocycles. The van der Waals surface area contributed by atoms with Crippen molar-refractivity contribution in [2.24, 2.45) is 0 Å². The second kappa shape index (κ2) is 5.34. The van der Waals surface area contributed by atoms with Crippen LogP contribution in [0.25, 0.3) is 11.4 Å². The van der Waals surface area contributed by atoms with E-state index in [9.17, 15) is 0 Å². The Bertz CT molecular complexity index is 608. The summed E-state index contributed by atoms with van der Waals surface area (Å²) in [6.45, 7) is 7.03. The first kappa shape index (κ1) is 13.3. The van der Waals surface area contributed by atoms with Gasteiger partial charge in [0.15, 0.2) is 0 Å². The summed E-state index contributed by atoms with van der Waals surface area (Å²) in [5, 5.41) is 7.56. The molecule has 0 amide bonds. The molecule has 1 atom stereocenters. The van der Waals surface area contributed by atoms with E-state index in [0.717, 1.165) is 30.8 Å². The SMILES string of the molecule is Cc1ccc(C)c(-c2noc(C3CN(C)CCN3)n2)c1. The Morgan fingerprint density at radius 1 is 1.35 bits per heavy atom. The maximum Gasteiger partial charge on any atom is 0.245 e. The summed E-state index contributed by atoms with van der Waals surface area (Å²) in [7, 11) is 2.11. The standard InChI is InChI=1S/C15H20N4O/c1-10-4-5-11(2)12(8-10)14-17-15(20-18-14)13-9-19(3)7-6-16-13/h4-5,8,13,16H,6-7,9H2,1-3H3. The zero-order valence-corrected chi connectivity index (χ0v) is 12.2. The first-order valence-electron chi connectivity index (χ1n) is 6.96. The molecule has 106 valence electrons. The van der Waals surface area contributed by atoms with Crippen LogP contribution in [0.4, 0.5) is 0 Å². The van der Waals surface area contributed by atoms with Crippen LogP contribution in [-0.2, 0) is 0 Å². The molecule has 5 nitrogen and oxygen atoms in total. The highest BCUT2D eigenvalue weighted by Gasteiger charge is 2.24. The molecule has 1 saturated heterocycles. The molecule has 0 radical (unpaired) electrons. The fourth-order valence-corrected chi connectivity index (χ4v) is 2.53. The quantitative estimate of drug-likeness (QED) is 0.905. The monoisotopic (exact) mass is 272 g/mol. The van der Waals surface area contributed by atoms with Crippen LogP contribution in [0.2, 0.25) is 0 Å². The van der Waals surface area contributed by atoms with Crippen molar-refractivity contribution in [3.63, 3.8) is 0 Å². The van der Waals surface area contributed by atoms with Gasteiger partial charge in [0.25, 0.3) is 0 Å². The average Bonchev–Trinajstić information content (AvgIpc) is 2.91. The van der Waals surface area contributed by atoms with E-state index >= 15 is 0 Å². The van der Waals surface area contributed by atoms with E-state index in [4.69, 9.17) is 4.52 Å². The van der Waals surface area contributed by atoms with Crippen molar-refractivity contribution in [3.05, 3.63) is 35.2 Å². The zero-order chi connectivity index (χ0) is 14.1. The number of hydrogen-bond donors (Lipinski definition) is 1. The predicted octanol–water partition coefficient (Wildman–Crippen LogP) is 1.93. The molecule has 2 aromatic rings. The lowest BCUT2D eigenvalue weighted by molar-refractivity contribution is 0.208. The predicted molar refractivity (Wildman–Crippen MR) is 77.4 cm³/mol. The van der Waals surface area contributed by atoms with Gasteiger partial charge >= 0.3 is 0 Å². The third-order valence-electron chi connectivity index (χ3n) is 3.75. The minimum absolute atomic E-state index is 0.125. The molecular weight excluding hydrogens is 252 g/mol. The van der Waals surface area contributed by atoms with Gasteiger partial charge < -0.3 is 14.7 Å². The Labute approximate surface area is 119 Å². The van der Waals surface area contributed by atoms with Gasteiger partial charge in [-0.25, -0.2) is 0 Å². The van der Waals surface area contributed by atoms with Crippen LogP contribution in [0.15, 0.2) is 22.7 Å². The second-order valence-corrected chi connectivity index (χ2v) is 5.54. The van der Waals surface area contributed by atoms with E-state index in [1.54, 1.807) is 0 Å². The summed E-state index contributed by atoms with van der Waals surface area (Å²) < 4.78 is 5.45. The summed E-state index contributed by atoms with van der Waals surface area (Å²) >= 11 is 0. The second-order valence-electron chi connectivity index (χ2n) is 5.54. The molecule has 0 aliphatic carbocycles. The molecule has 1 fully saturated rings. The van der Waals surface area contributed by atoms with Crippen LogP contribution in [0.5, 0.6) is 0 Å². The van der Waals surface area contributed by atoms with Gasteiger partial charge in [-0.15, -0.1) is 0 Å². The van der Waals surface area contributed by atoms with Crippen molar-refractivity contribution in [2.45, 2.75) is 19.9 Å². The maximum absolute atomic E-state index is 5.45. The van der Waals surface area contributed by atoms with Crippen molar-refractivity contribution >= 4 is 0 Å². The fraction of sp³-hybridized carbons (Fsp3) is 0.467. The summed E-state index contributed by atoms with van der Waals surface area (Å²) in [5.74, 6) is 1.35. The van der Waals surface area contributed by atoms with Crippen LogP contribution in [-0.4, -0.2) is 41.7 Å². The number of aryl methyl sites for hydroxylation is 2. The molecule has 0 spiro atoms. The van der Waals surface area contributed by atoms with Crippen molar-refractivity contribution in [2.75, 3.05) is 26.7 Å². The lowest BCUT2D eigenvalue weighted by Crippen LogP contribution is -2.43. The highest BCUT2D eigenvalue weighted by Crippen LogP contribution is 2.24. The molecule has 1 N–H and O–H groups in total. The highest BCUT2D eigenvalue weighted by atomic mass is 16.5. The van der Waals surface area contributed by atoms with E-state index in [1.165, 1.54) is 5.56 Å². The fourth-order valence-electron chi connectivity index (χ4n) is 2.53. The van der Waals surface area contributed by atoms with Gasteiger partial charge in [-0.2, -0.15) is 4.98 Å². The molecular formula is C15H20N4O. The summed E-state index contributed by atoms with van der Waals surface area (Å²) in [5.41, 5.74) is 3.41. The topological polar surface area (TPSA) is 54.2 Å². The van der Waals surface area contributed by atoms with E-state index in [0.29, 0.717) is 11.7 Å². The number of nitrogens with zero attached hydrogens (tertiary/aromatic N) is 3. The Morgan fingerprint density at radius 3 is 3.00 bits per heavy atom. The number of rotatable bonds is 2. The van der Waals surface area contributed by atoms with Crippen LogP contribution in [0.3, 0.4) is 0 Å². The van der Waals surface area contributed by atoms with Crippen LogP contribution in [0.1, 0.15) is 23.1 Å². The van der Waals surface area contributed by atoms with Crippen LogP contribution in [0, 0.1) is 13.8 Å². The Kier molecular flexibility index (Phi) is 3.54. The lowest BCUT2D eigenvalue weighted by atomic mass is 10.1. The average molecular weight is 272 g/mol. The smallest absolute Gasteiger partial charge is 0.245 e. The largest absolute Gasteiger partial charge is 0.337 e. The Hall–Kier alpha value is -1.72. The Balaban J connectivity index is 1.88. The van der Waals surface area contributed by atoms with E-state index in [1.807, 2.05) is 0 Å². The minimum Gasteiger partial charge on any atom is -0.337 e. The summed E-state index contributed by atoms with van der Waals surface area (Å²) in [6, 6.07) is 6.41. The molecule has 20 heavy (non-hydrogen) atoms. The van der Waals surface area contributed by atoms with Gasteiger partial charge in [0.05, 0.1) is 0 Å². The molecule has 5 heteroatoms. The van der Waals surface area contributed by atoms with Gasteiger partial charge in [0.1, 0.15) is 6.04 Å². The van der Waals surface area contributed by atoms with Crippen molar-refractivity contribution in [1.82, 2.24) is 20.4 Å². The number of piperazine rings is 1. The number of aromatic nitrogens is 2. The molecule has 3 rings (SSSR count). The number of nitrogens with one attached hydrogen (secondary N) is 1. The summed E-state index contributed by atoms with van der Waals surface area (Å²) in [6.07, 6.45) is 0. The maximum atomic E-state index is 5.45. The highest BCUT2D eigenvalue weighted by molar-refractivity contribution is 5.60. The normalized spacial score (nSPS) is 20.2. The molecule has 2 heterocycles. The number of hydrogen-bond acceptors (Lipinski definition) is 5. The number of likely N-dealkylation sites (N-methyl/N-ethyl adjacent to an activating group) is 1. The van der Waals surface area contributed by atoms with Crippen LogP contribution < -0.4 is 5.32 Å². The van der Waals surface area contributed by atoms with E-state index in [2.05, 4.69) is 59.5 Å². The molecule has 1 aromatic heterocycles. The molecule has 0 saturated carbocycles. The van der Waals surface area contributed by atoms with Gasteiger partial charge in [0.2, 0.25) is 11.7 Å². The van der Waals surface area contributed by atoms with Crippen molar-refractivity contribution < 1.29 is 4.52 Å². The first-order chi connectivity index (χ1) is 9.63. The minimum atomic E-state index is 0.125. The number of benzene rings is 1.